The second-order valence-electron chi connectivity index (χ2n) is 5.00. The molecule has 1 unspecified atom stereocenters. The summed E-state index contributed by atoms with van der Waals surface area (Å²) >= 11 is 0. The summed E-state index contributed by atoms with van der Waals surface area (Å²) in [7, 11) is 1.60. The number of hydrogen-bond donors (Lipinski definition) is 1. The summed E-state index contributed by atoms with van der Waals surface area (Å²) in [5, 5.41) is 3.45. The summed E-state index contributed by atoms with van der Waals surface area (Å²) in [6.07, 6.45) is 3.47. The van der Waals surface area contributed by atoms with Crippen molar-refractivity contribution in [2.75, 3.05) is 13.7 Å². The molecule has 1 heterocycles. The molecule has 1 atom stereocenters. The summed E-state index contributed by atoms with van der Waals surface area (Å²) in [5.74, 6) is 0.428. The number of likely N-dealkylation sites (N-methyl/N-ethyl adjacent to an activating group) is 1. The molecule has 1 aromatic carbocycles. The highest BCUT2D eigenvalue weighted by Crippen LogP contribution is 2.12. The number of nitrogens with one attached hydrogen (secondary N) is 1. The Bertz CT molecular complexity index is 557. The average molecular weight is 288 g/mol. The molecular weight excluding hydrogens is 267 g/mol. The van der Waals surface area contributed by atoms with Gasteiger partial charge in [-0.15, -0.1) is 0 Å². The fourth-order valence-corrected chi connectivity index (χ4v) is 2.39. The van der Waals surface area contributed by atoms with Crippen molar-refractivity contribution in [3.05, 3.63) is 59.5 Å². The molecule has 0 saturated heterocycles. The first-order valence-corrected chi connectivity index (χ1v) is 7.18. The molecule has 2 rings (SSSR count). The van der Waals surface area contributed by atoms with Crippen molar-refractivity contribution in [3.8, 4) is 5.88 Å². The van der Waals surface area contributed by atoms with Crippen molar-refractivity contribution in [1.29, 1.82) is 0 Å². The Morgan fingerprint density at radius 3 is 2.62 bits per heavy atom. The molecule has 1 aromatic heterocycles. The SMILES string of the molecule is CCNC(Cc1ccc(OC)nc1)Cc1cccc(F)c1. The average Bonchev–Trinajstić information content (AvgIpc) is 2.48. The number of nitrogens with zero attached hydrogens (tertiary/aromatic N) is 1. The van der Waals surface area contributed by atoms with Gasteiger partial charge in [-0.1, -0.05) is 25.1 Å². The zero-order valence-electron chi connectivity index (χ0n) is 12.5. The first-order chi connectivity index (χ1) is 10.2. The molecule has 0 bridgehead atoms. The molecule has 0 aliphatic heterocycles. The molecule has 0 radical (unpaired) electrons. The lowest BCUT2D eigenvalue weighted by Crippen LogP contribution is -2.33. The largest absolute Gasteiger partial charge is 0.481 e. The van der Waals surface area contributed by atoms with Crippen LogP contribution in [0.15, 0.2) is 42.6 Å². The maximum absolute atomic E-state index is 13.3. The van der Waals surface area contributed by atoms with Crippen LogP contribution in [-0.2, 0) is 12.8 Å². The van der Waals surface area contributed by atoms with Crippen LogP contribution in [0.1, 0.15) is 18.1 Å². The fraction of sp³-hybridized carbons (Fsp3) is 0.353. The molecule has 0 spiro atoms. The molecular formula is C17H21FN2O. The normalized spacial score (nSPS) is 12.1. The molecule has 0 amide bonds. The predicted octanol–water partition coefficient (Wildman–Crippen LogP) is 2.99. The van der Waals surface area contributed by atoms with Gasteiger partial charge in [0.05, 0.1) is 7.11 Å². The number of methoxy groups -OCH3 is 1. The first-order valence-electron chi connectivity index (χ1n) is 7.18. The number of benzene rings is 1. The number of halogens is 1. The molecule has 0 aliphatic rings. The summed E-state index contributed by atoms with van der Waals surface area (Å²) in [4.78, 5) is 4.22. The zero-order chi connectivity index (χ0) is 15.1. The van der Waals surface area contributed by atoms with Crippen LogP contribution in [0.3, 0.4) is 0 Å². The van der Waals surface area contributed by atoms with Gasteiger partial charge in [-0.25, -0.2) is 9.37 Å². The van der Waals surface area contributed by atoms with E-state index in [-0.39, 0.29) is 11.9 Å². The van der Waals surface area contributed by atoms with Crippen molar-refractivity contribution in [2.45, 2.75) is 25.8 Å². The molecule has 1 N–H and O–H groups in total. The van der Waals surface area contributed by atoms with Gasteiger partial charge in [0.25, 0.3) is 0 Å². The molecule has 4 heteroatoms. The van der Waals surface area contributed by atoms with Crippen LogP contribution < -0.4 is 10.1 Å². The predicted molar refractivity (Wildman–Crippen MR) is 82.1 cm³/mol. The van der Waals surface area contributed by atoms with Crippen LogP contribution in [0.5, 0.6) is 5.88 Å². The lowest BCUT2D eigenvalue weighted by molar-refractivity contribution is 0.397. The van der Waals surface area contributed by atoms with Crippen molar-refractivity contribution in [1.82, 2.24) is 10.3 Å². The van der Waals surface area contributed by atoms with E-state index in [0.29, 0.717) is 5.88 Å². The highest BCUT2D eigenvalue weighted by molar-refractivity contribution is 5.21. The Balaban J connectivity index is 2.04. The topological polar surface area (TPSA) is 34.1 Å². The van der Waals surface area contributed by atoms with E-state index in [1.165, 1.54) is 6.07 Å². The lowest BCUT2D eigenvalue weighted by Gasteiger charge is -2.18. The van der Waals surface area contributed by atoms with Gasteiger partial charge in [0.15, 0.2) is 0 Å². The number of hydrogen-bond acceptors (Lipinski definition) is 3. The van der Waals surface area contributed by atoms with Gasteiger partial charge in [0.1, 0.15) is 5.82 Å². The second kappa shape index (κ2) is 7.74. The number of pyridine rings is 1. The number of ether oxygens (including phenoxy) is 1. The Morgan fingerprint density at radius 2 is 2.00 bits per heavy atom. The van der Waals surface area contributed by atoms with Gasteiger partial charge in [0, 0.05) is 18.3 Å². The van der Waals surface area contributed by atoms with Crippen LogP contribution in [0.25, 0.3) is 0 Å². The Morgan fingerprint density at radius 1 is 1.19 bits per heavy atom. The fourth-order valence-electron chi connectivity index (χ4n) is 2.39. The lowest BCUT2D eigenvalue weighted by atomic mass is 10.00. The summed E-state index contributed by atoms with van der Waals surface area (Å²) in [6.45, 7) is 2.95. The zero-order valence-corrected chi connectivity index (χ0v) is 12.5. The molecule has 2 aromatic rings. The minimum atomic E-state index is -0.186. The second-order valence-corrected chi connectivity index (χ2v) is 5.00. The number of rotatable bonds is 7. The summed E-state index contributed by atoms with van der Waals surface area (Å²) in [6, 6.07) is 10.9. The molecule has 0 fully saturated rings. The van der Waals surface area contributed by atoms with Gasteiger partial charge in [-0.2, -0.15) is 0 Å². The van der Waals surface area contributed by atoms with Gasteiger partial charge in [-0.3, -0.25) is 0 Å². The quantitative estimate of drug-likeness (QED) is 0.850. The van der Waals surface area contributed by atoms with E-state index in [0.717, 1.165) is 30.5 Å². The Hall–Kier alpha value is -1.94. The minimum absolute atomic E-state index is 0.186. The smallest absolute Gasteiger partial charge is 0.212 e. The van der Waals surface area contributed by atoms with Crippen molar-refractivity contribution < 1.29 is 9.13 Å². The van der Waals surface area contributed by atoms with Crippen LogP contribution in [0.4, 0.5) is 4.39 Å². The molecule has 0 aliphatic carbocycles. The van der Waals surface area contributed by atoms with Crippen LogP contribution in [0, 0.1) is 5.82 Å². The Kier molecular flexibility index (Phi) is 5.69. The van der Waals surface area contributed by atoms with Gasteiger partial charge < -0.3 is 10.1 Å². The molecule has 21 heavy (non-hydrogen) atoms. The van der Waals surface area contributed by atoms with E-state index in [1.807, 2.05) is 24.4 Å². The van der Waals surface area contributed by atoms with E-state index in [2.05, 4.69) is 17.2 Å². The van der Waals surface area contributed by atoms with Gasteiger partial charge in [-0.05, 0) is 42.6 Å². The van der Waals surface area contributed by atoms with E-state index in [1.54, 1.807) is 19.2 Å². The standard InChI is InChI=1S/C17H21FN2O/c1-3-19-16(10-13-5-4-6-15(18)9-13)11-14-7-8-17(21-2)20-12-14/h4-9,12,16,19H,3,10-11H2,1-2H3. The van der Waals surface area contributed by atoms with Crippen molar-refractivity contribution in [2.24, 2.45) is 0 Å². The van der Waals surface area contributed by atoms with E-state index >= 15 is 0 Å². The van der Waals surface area contributed by atoms with Crippen LogP contribution in [-0.4, -0.2) is 24.7 Å². The van der Waals surface area contributed by atoms with Crippen molar-refractivity contribution >= 4 is 0 Å². The maximum Gasteiger partial charge on any atom is 0.212 e. The van der Waals surface area contributed by atoms with E-state index in [4.69, 9.17) is 4.74 Å². The van der Waals surface area contributed by atoms with Crippen LogP contribution >= 0.6 is 0 Å². The van der Waals surface area contributed by atoms with Crippen LogP contribution in [0.2, 0.25) is 0 Å². The summed E-state index contributed by atoms with van der Waals surface area (Å²) in [5.41, 5.74) is 2.14. The minimum Gasteiger partial charge on any atom is -0.481 e. The molecule has 0 saturated carbocycles. The molecule has 112 valence electrons. The van der Waals surface area contributed by atoms with E-state index in [9.17, 15) is 4.39 Å². The highest BCUT2D eigenvalue weighted by Gasteiger charge is 2.10. The van der Waals surface area contributed by atoms with E-state index < -0.39 is 0 Å². The molecule has 3 nitrogen and oxygen atoms in total. The summed E-state index contributed by atoms with van der Waals surface area (Å²) < 4.78 is 18.3. The number of aromatic nitrogens is 1. The van der Waals surface area contributed by atoms with Gasteiger partial charge in [0.2, 0.25) is 5.88 Å². The first kappa shape index (κ1) is 15.4. The maximum atomic E-state index is 13.3. The third kappa shape index (κ3) is 4.83. The van der Waals surface area contributed by atoms with Gasteiger partial charge >= 0.3 is 0 Å². The highest BCUT2D eigenvalue weighted by atomic mass is 19.1. The Labute approximate surface area is 125 Å². The van der Waals surface area contributed by atoms with Crippen molar-refractivity contribution in [3.63, 3.8) is 0 Å². The third-order valence-corrected chi connectivity index (χ3v) is 3.35. The third-order valence-electron chi connectivity index (χ3n) is 3.35. The monoisotopic (exact) mass is 288 g/mol.